The molecule has 0 aromatic rings. The number of hydrogen-bond donors (Lipinski definition) is 0. The average Bonchev–Trinajstić information content (AvgIpc) is 1.84. The maximum atomic E-state index is 12.1. The first-order valence-corrected chi connectivity index (χ1v) is 2.52. The van der Waals surface area contributed by atoms with Crippen LogP contribution in [0.15, 0.2) is 23.8 Å². The first-order chi connectivity index (χ1) is 4.61. The van der Waals surface area contributed by atoms with Gasteiger partial charge in [0, 0.05) is 0 Å². The number of alkyl halides is 1. The molecule has 1 aliphatic carbocycles. The van der Waals surface area contributed by atoms with Gasteiger partial charge in [-0.2, -0.15) is 0 Å². The van der Waals surface area contributed by atoms with Crippen LogP contribution in [0.5, 0.6) is 0 Å². The van der Waals surface area contributed by atoms with E-state index in [1.807, 2.05) is 0 Å². The van der Waals surface area contributed by atoms with Crippen molar-refractivity contribution in [2.75, 3.05) is 0 Å². The first-order valence-electron chi connectivity index (χ1n) is 2.52. The van der Waals surface area contributed by atoms with Crippen molar-refractivity contribution in [3.05, 3.63) is 30.0 Å². The molecular formula is C6H3F4. The minimum absolute atomic E-state index is 0.194. The molecule has 0 fully saturated rings. The fourth-order valence-corrected chi connectivity index (χ4v) is 0.557. The normalized spacial score (nSPS) is 27.8. The van der Waals surface area contributed by atoms with Gasteiger partial charge in [0.1, 0.15) is 0 Å². The summed E-state index contributed by atoms with van der Waals surface area (Å²) in [7, 11) is 0. The molecule has 0 amide bonds. The third-order valence-corrected chi connectivity index (χ3v) is 1.05. The van der Waals surface area contributed by atoms with Crippen LogP contribution in [-0.2, 0) is 0 Å². The highest BCUT2D eigenvalue weighted by molar-refractivity contribution is 5.33. The fraction of sp³-hybridized carbons (Fsp3) is 0.167. The van der Waals surface area contributed by atoms with E-state index in [-0.39, 0.29) is 12.2 Å². The van der Waals surface area contributed by atoms with E-state index >= 15 is 0 Å². The molecule has 0 saturated carbocycles. The summed E-state index contributed by atoms with van der Waals surface area (Å²) < 4.78 is 48.1. The number of rotatable bonds is 0. The molecule has 55 valence electrons. The Morgan fingerprint density at radius 3 is 2.20 bits per heavy atom. The van der Waals surface area contributed by atoms with Crippen molar-refractivity contribution >= 4 is 0 Å². The van der Waals surface area contributed by atoms with Gasteiger partial charge >= 0.3 is 0 Å². The highest BCUT2D eigenvalue weighted by Gasteiger charge is 2.25. The molecule has 0 aliphatic heterocycles. The van der Waals surface area contributed by atoms with E-state index in [4.69, 9.17) is 0 Å². The van der Waals surface area contributed by atoms with E-state index in [0.29, 0.717) is 0 Å². The summed E-state index contributed by atoms with van der Waals surface area (Å²) >= 11 is 0. The van der Waals surface area contributed by atoms with Gasteiger partial charge in [-0.05, 0) is 12.2 Å². The van der Waals surface area contributed by atoms with E-state index in [1.165, 1.54) is 0 Å². The van der Waals surface area contributed by atoms with Crippen molar-refractivity contribution in [1.29, 1.82) is 0 Å². The van der Waals surface area contributed by atoms with Crippen LogP contribution in [0, 0.1) is 6.17 Å². The summed E-state index contributed by atoms with van der Waals surface area (Å²) in [5, 5.41) is 0. The molecule has 0 spiro atoms. The zero-order valence-electron chi connectivity index (χ0n) is 4.74. The molecule has 0 saturated heterocycles. The molecule has 1 atom stereocenters. The molecule has 0 bridgehead atoms. The standard InChI is InChI=1S/C6H3F4/c7-3-1-4(8)6(10)2-5(3)9/h1-3H. The second kappa shape index (κ2) is 2.44. The van der Waals surface area contributed by atoms with Crippen LogP contribution in [0.2, 0.25) is 0 Å². The van der Waals surface area contributed by atoms with Gasteiger partial charge in [-0.25, -0.2) is 17.6 Å². The zero-order valence-corrected chi connectivity index (χ0v) is 4.74. The molecule has 1 radical (unpaired) electrons. The summed E-state index contributed by atoms with van der Waals surface area (Å²) in [4.78, 5) is 0. The topological polar surface area (TPSA) is 0 Å². The quantitative estimate of drug-likeness (QED) is 0.466. The van der Waals surface area contributed by atoms with Crippen LogP contribution in [0.1, 0.15) is 0 Å². The second-order valence-electron chi connectivity index (χ2n) is 1.79. The number of hydrogen-bond acceptors (Lipinski definition) is 0. The van der Waals surface area contributed by atoms with Crippen LogP contribution in [0.4, 0.5) is 17.6 Å². The lowest BCUT2D eigenvalue weighted by Crippen LogP contribution is -2.08. The van der Waals surface area contributed by atoms with Crippen molar-refractivity contribution in [3.63, 3.8) is 0 Å². The Bertz CT molecular complexity index is 172. The summed E-state index contributed by atoms with van der Waals surface area (Å²) in [6.45, 7) is 0. The van der Waals surface area contributed by atoms with E-state index in [0.717, 1.165) is 0 Å². The highest BCUT2D eigenvalue weighted by atomic mass is 19.2. The third-order valence-electron chi connectivity index (χ3n) is 1.05. The lowest BCUT2D eigenvalue weighted by Gasteiger charge is -2.08. The van der Waals surface area contributed by atoms with Gasteiger partial charge < -0.3 is 0 Å². The predicted molar refractivity (Wildman–Crippen MR) is 27.6 cm³/mol. The second-order valence-corrected chi connectivity index (χ2v) is 1.79. The molecule has 10 heavy (non-hydrogen) atoms. The maximum absolute atomic E-state index is 12.1. The van der Waals surface area contributed by atoms with Gasteiger partial charge in [-0.15, -0.1) is 0 Å². The summed E-state index contributed by atoms with van der Waals surface area (Å²) in [6, 6.07) is 0. The Morgan fingerprint density at radius 1 is 1.10 bits per heavy atom. The van der Waals surface area contributed by atoms with E-state index in [2.05, 4.69) is 0 Å². The van der Waals surface area contributed by atoms with E-state index < -0.39 is 24.0 Å². The Hall–Kier alpha value is -0.800. The van der Waals surface area contributed by atoms with Crippen LogP contribution in [-0.4, -0.2) is 6.17 Å². The third kappa shape index (κ3) is 1.20. The number of allylic oxidation sites excluding steroid dienone is 4. The Kier molecular flexibility index (Phi) is 1.78. The van der Waals surface area contributed by atoms with Crippen molar-refractivity contribution in [2.45, 2.75) is 6.17 Å². The van der Waals surface area contributed by atoms with Crippen LogP contribution in [0.3, 0.4) is 0 Å². The molecule has 1 unspecified atom stereocenters. The SMILES string of the molecule is F[C]1C=C(F)C(F)=CC1F. The predicted octanol–water partition coefficient (Wildman–Crippen LogP) is 2.55. The molecule has 1 aliphatic rings. The van der Waals surface area contributed by atoms with Gasteiger partial charge in [0.15, 0.2) is 17.8 Å². The Balaban J connectivity index is 2.83. The van der Waals surface area contributed by atoms with Crippen molar-refractivity contribution in [1.82, 2.24) is 0 Å². The van der Waals surface area contributed by atoms with Gasteiger partial charge in [0.25, 0.3) is 0 Å². The highest BCUT2D eigenvalue weighted by Crippen LogP contribution is 2.28. The lowest BCUT2D eigenvalue weighted by molar-refractivity contribution is 0.317. The maximum Gasteiger partial charge on any atom is 0.207 e. The summed E-state index contributed by atoms with van der Waals surface area (Å²) in [6.07, 6.45) is -3.01. The largest absolute Gasteiger partial charge is 0.239 e. The minimum Gasteiger partial charge on any atom is -0.239 e. The number of halogens is 4. The van der Waals surface area contributed by atoms with Crippen molar-refractivity contribution in [2.24, 2.45) is 0 Å². The van der Waals surface area contributed by atoms with E-state index in [9.17, 15) is 17.6 Å². The van der Waals surface area contributed by atoms with Crippen LogP contribution in [0.25, 0.3) is 0 Å². The van der Waals surface area contributed by atoms with Crippen molar-refractivity contribution in [3.8, 4) is 0 Å². The van der Waals surface area contributed by atoms with Crippen LogP contribution < -0.4 is 0 Å². The molecule has 1 rings (SSSR count). The fourth-order valence-electron chi connectivity index (χ4n) is 0.557. The van der Waals surface area contributed by atoms with Gasteiger partial charge in [-0.1, -0.05) is 0 Å². The molecule has 0 N–H and O–H groups in total. The lowest BCUT2D eigenvalue weighted by atomic mass is 10.1. The molecule has 0 aromatic carbocycles. The van der Waals surface area contributed by atoms with Gasteiger partial charge in [0.2, 0.25) is 6.17 Å². The molecule has 0 heterocycles. The summed E-state index contributed by atoms with van der Waals surface area (Å²) in [5.74, 6) is -2.72. The zero-order chi connectivity index (χ0) is 7.72. The van der Waals surface area contributed by atoms with Crippen LogP contribution >= 0.6 is 0 Å². The first kappa shape index (κ1) is 7.31. The average molecular weight is 151 g/mol. The smallest absolute Gasteiger partial charge is 0.207 e. The molecule has 0 aromatic heterocycles. The molecule has 0 nitrogen and oxygen atoms in total. The minimum atomic E-state index is -2.14. The van der Waals surface area contributed by atoms with Gasteiger partial charge in [-0.3, -0.25) is 0 Å². The molecule has 4 heteroatoms. The van der Waals surface area contributed by atoms with Gasteiger partial charge in [0.05, 0.1) is 0 Å². The van der Waals surface area contributed by atoms with E-state index in [1.54, 1.807) is 0 Å². The monoisotopic (exact) mass is 151 g/mol. The van der Waals surface area contributed by atoms with Crippen molar-refractivity contribution < 1.29 is 17.6 Å². The Morgan fingerprint density at radius 2 is 1.70 bits per heavy atom. The summed E-state index contributed by atoms with van der Waals surface area (Å²) in [5.41, 5.74) is 0. The Labute approximate surface area is 54.8 Å². The molecular weight excluding hydrogens is 148 g/mol.